The van der Waals surface area contributed by atoms with Crippen LogP contribution in [-0.2, 0) is 6.42 Å². The van der Waals surface area contributed by atoms with Crippen molar-refractivity contribution in [2.75, 3.05) is 6.54 Å². The molecule has 0 unspecified atom stereocenters. The molecular weight excluding hydrogens is 340 g/mol. The molecule has 110 valence electrons. The first kappa shape index (κ1) is 15.6. The van der Waals surface area contributed by atoms with Gasteiger partial charge in [0.25, 0.3) is 5.91 Å². The van der Waals surface area contributed by atoms with Crippen molar-refractivity contribution in [3.8, 4) is 0 Å². The lowest BCUT2D eigenvalue weighted by Gasteiger charge is -2.08. The van der Waals surface area contributed by atoms with Gasteiger partial charge in [0, 0.05) is 12.1 Å². The molecule has 2 rings (SSSR count). The predicted octanol–water partition coefficient (Wildman–Crippen LogP) is 4.01. The Morgan fingerprint density at radius 3 is 2.62 bits per heavy atom. The third kappa shape index (κ3) is 4.11. The lowest BCUT2D eigenvalue weighted by Crippen LogP contribution is -2.26. The number of hydrogen-bond donors (Lipinski definition) is 1. The summed E-state index contributed by atoms with van der Waals surface area (Å²) in [6, 6.07) is 8.79. The van der Waals surface area contributed by atoms with E-state index in [9.17, 15) is 13.6 Å². The summed E-state index contributed by atoms with van der Waals surface area (Å²) < 4.78 is 26.7. The van der Waals surface area contributed by atoms with E-state index in [1.165, 1.54) is 24.3 Å². The maximum Gasteiger partial charge on any atom is 0.251 e. The average Bonchev–Trinajstić information content (AvgIpc) is 2.44. The van der Waals surface area contributed by atoms with Gasteiger partial charge in [0.05, 0.1) is 4.47 Å². The fourth-order valence-corrected chi connectivity index (χ4v) is 2.24. The van der Waals surface area contributed by atoms with Crippen LogP contribution in [0, 0.1) is 18.6 Å². The van der Waals surface area contributed by atoms with Crippen molar-refractivity contribution in [1.29, 1.82) is 0 Å². The Balaban J connectivity index is 1.93. The van der Waals surface area contributed by atoms with Gasteiger partial charge in [-0.15, -0.1) is 0 Å². The molecule has 1 amide bonds. The molecule has 0 aromatic heterocycles. The zero-order valence-electron chi connectivity index (χ0n) is 11.4. The standard InChI is InChI=1S/C16H14BrF2NO/c1-10-8-13(18)4-2-11(10)6-7-20-16(21)12-3-5-14(17)15(19)9-12/h2-5,8-9H,6-7H2,1H3,(H,20,21). The molecule has 0 saturated heterocycles. The van der Waals surface area contributed by atoms with Crippen LogP contribution in [0.4, 0.5) is 8.78 Å². The van der Waals surface area contributed by atoms with E-state index >= 15 is 0 Å². The Labute approximate surface area is 130 Å². The van der Waals surface area contributed by atoms with Crippen molar-refractivity contribution in [2.24, 2.45) is 0 Å². The van der Waals surface area contributed by atoms with Gasteiger partial charge in [0.15, 0.2) is 0 Å². The molecule has 0 fully saturated rings. The average molecular weight is 354 g/mol. The van der Waals surface area contributed by atoms with Gasteiger partial charge in [-0.25, -0.2) is 8.78 Å². The summed E-state index contributed by atoms with van der Waals surface area (Å²) in [6.07, 6.45) is 0.594. The van der Waals surface area contributed by atoms with Gasteiger partial charge < -0.3 is 5.32 Å². The summed E-state index contributed by atoms with van der Waals surface area (Å²) in [4.78, 5) is 11.9. The summed E-state index contributed by atoms with van der Waals surface area (Å²) in [5, 5.41) is 2.72. The number of amides is 1. The zero-order valence-corrected chi connectivity index (χ0v) is 13.0. The van der Waals surface area contributed by atoms with E-state index in [0.717, 1.165) is 11.1 Å². The summed E-state index contributed by atoms with van der Waals surface area (Å²) in [7, 11) is 0. The van der Waals surface area contributed by atoms with Crippen LogP contribution in [0.25, 0.3) is 0 Å². The molecule has 0 heterocycles. The summed E-state index contributed by atoms with van der Waals surface area (Å²) in [5.74, 6) is -1.08. The topological polar surface area (TPSA) is 29.1 Å². The maximum atomic E-state index is 13.4. The minimum absolute atomic E-state index is 0.270. The van der Waals surface area contributed by atoms with Crippen molar-refractivity contribution in [1.82, 2.24) is 5.32 Å². The van der Waals surface area contributed by atoms with E-state index in [-0.39, 0.29) is 17.3 Å². The second-order valence-corrected chi connectivity index (χ2v) is 5.56. The molecule has 2 nitrogen and oxygen atoms in total. The lowest BCUT2D eigenvalue weighted by molar-refractivity contribution is 0.0953. The predicted molar refractivity (Wildman–Crippen MR) is 81.3 cm³/mol. The molecule has 0 saturated carbocycles. The highest BCUT2D eigenvalue weighted by Gasteiger charge is 2.08. The third-order valence-corrected chi connectivity index (χ3v) is 3.81. The van der Waals surface area contributed by atoms with Crippen LogP contribution in [0.2, 0.25) is 0 Å². The highest BCUT2D eigenvalue weighted by molar-refractivity contribution is 9.10. The Morgan fingerprint density at radius 2 is 1.95 bits per heavy atom. The van der Waals surface area contributed by atoms with E-state index in [2.05, 4.69) is 21.2 Å². The van der Waals surface area contributed by atoms with Crippen LogP contribution < -0.4 is 5.32 Å². The van der Waals surface area contributed by atoms with E-state index in [1.807, 2.05) is 6.92 Å². The molecule has 2 aromatic rings. The maximum absolute atomic E-state index is 13.4. The number of carbonyl (C=O) groups excluding carboxylic acids is 1. The first-order valence-electron chi connectivity index (χ1n) is 6.45. The number of nitrogens with one attached hydrogen (secondary N) is 1. The largest absolute Gasteiger partial charge is 0.352 e. The first-order chi connectivity index (χ1) is 9.97. The minimum atomic E-state index is -0.475. The SMILES string of the molecule is Cc1cc(F)ccc1CCNC(=O)c1ccc(Br)c(F)c1. The molecule has 21 heavy (non-hydrogen) atoms. The lowest BCUT2D eigenvalue weighted by atomic mass is 10.1. The molecule has 0 radical (unpaired) electrons. The molecule has 0 aliphatic rings. The minimum Gasteiger partial charge on any atom is -0.352 e. The van der Waals surface area contributed by atoms with Gasteiger partial charge in [0.2, 0.25) is 0 Å². The van der Waals surface area contributed by atoms with Crippen LogP contribution in [-0.4, -0.2) is 12.5 Å². The second-order valence-electron chi connectivity index (χ2n) is 4.71. The fourth-order valence-electron chi connectivity index (χ4n) is 1.99. The fraction of sp³-hybridized carbons (Fsp3) is 0.188. The molecule has 0 bridgehead atoms. The molecule has 0 aliphatic heterocycles. The van der Waals surface area contributed by atoms with Crippen molar-refractivity contribution in [3.63, 3.8) is 0 Å². The number of carbonyl (C=O) groups is 1. The van der Waals surface area contributed by atoms with Crippen LogP contribution in [0.5, 0.6) is 0 Å². The molecule has 2 aromatic carbocycles. The van der Waals surface area contributed by atoms with Crippen molar-refractivity contribution < 1.29 is 13.6 Å². The van der Waals surface area contributed by atoms with Crippen LogP contribution >= 0.6 is 15.9 Å². The van der Waals surface area contributed by atoms with Crippen molar-refractivity contribution in [2.45, 2.75) is 13.3 Å². The number of aryl methyl sites for hydroxylation is 1. The quantitative estimate of drug-likeness (QED) is 0.883. The highest BCUT2D eigenvalue weighted by Crippen LogP contribution is 2.16. The van der Waals surface area contributed by atoms with Gasteiger partial charge in [0.1, 0.15) is 11.6 Å². The molecule has 1 N–H and O–H groups in total. The zero-order chi connectivity index (χ0) is 15.4. The van der Waals surface area contributed by atoms with Gasteiger partial charge in [-0.3, -0.25) is 4.79 Å². The van der Waals surface area contributed by atoms with Crippen LogP contribution in [0.15, 0.2) is 40.9 Å². The van der Waals surface area contributed by atoms with E-state index < -0.39 is 5.82 Å². The molecule has 0 spiro atoms. The Morgan fingerprint density at radius 1 is 1.19 bits per heavy atom. The molecular formula is C16H14BrF2NO. The molecule has 0 aliphatic carbocycles. The molecule has 5 heteroatoms. The second kappa shape index (κ2) is 6.80. The van der Waals surface area contributed by atoms with Gasteiger partial charge >= 0.3 is 0 Å². The Bertz CT molecular complexity index is 673. The van der Waals surface area contributed by atoms with Crippen molar-refractivity contribution in [3.05, 3.63) is 69.2 Å². The highest BCUT2D eigenvalue weighted by atomic mass is 79.9. The number of hydrogen-bond acceptors (Lipinski definition) is 1. The van der Waals surface area contributed by atoms with E-state index in [4.69, 9.17) is 0 Å². The first-order valence-corrected chi connectivity index (χ1v) is 7.25. The Kier molecular flexibility index (Phi) is 5.07. The summed E-state index contributed by atoms with van der Waals surface area (Å²) >= 11 is 3.04. The normalized spacial score (nSPS) is 10.5. The van der Waals surface area contributed by atoms with E-state index in [1.54, 1.807) is 12.1 Å². The molecule has 0 atom stereocenters. The van der Waals surface area contributed by atoms with Gasteiger partial charge in [-0.1, -0.05) is 6.07 Å². The smallest absolute Gasteiger partial charge is 0.251 e. The van der Waals surface area contributed by atoms with Crippen molar-refractivity contribution >= 4 is 21.8 Å². The van der Waals surface area contributed by atoms with Gasteiger partial charge in [-0.05, 0) is 70.7 Å². The number of halogens is 3. The van der Waals surface area contributed by atoms with Crippen LogP contribution in [0.3, 0.4) is 0 Å². The summed E-state index contributed by atoms with van der Waals surface area (Å²) in [6.45, 7) is 2.23. The number of rotatable bonds is 4. The number of benzene rings is 2. The van der Waals surface area contributed by atoms with Crippen LogP contribution in [0.1, 0.15) is 21.5 Å². The third-order valence-electron chi connectivity index (χ3n) is 3.17. The summed E-state index contributed by atoms with van der Waals surface area (Å²) in [5.41, 5.74) is 2.09. The monoisotopic (exact) mass is 353 g/mol. The van der Waals surface area contributed by atoms with Gasteiger partial charge in [-0.2, -0.15) is 0 Å². The van der Waals surface area contributed by atoms with E-state index in [0.29, 0.717) is 17.4 Å². The Hall–Kier alpha value is -1.75.